The molecular weight excluding hydrogens is 348 g/mol. The Morgan fingerprint density at radius 3 is 2.60 bits per heavy atom. The van der Waals surface area contributed by atoms with Crippen LogP contribution in [-0.2, 0) is 13.1 Å². The van der Waals surface area contributed by atoms with E-state index in [4.69, 9.17) is 12.2 Å². The van der Waals surface area contributed by atoms with Crippen molar-refractivity contribution in [3.63, 3.8) is 0 Å². The molecule has 25 heavy (non-hydrogen) atoms. The van der Waals surface area contributed by atoms with Crippen LogP contribution in [-0.4, -0.2) is 24.3 Å². The molecule has 3 aromatic heterocycles. The van der Waals surface area contributed by atoms with Gasteiger partial charge in [0.25, 0.3) is 12.0 Å². The van der Waals surface area contributed by atoms with Gasteiger partial charge in [0.2, 0.25) is 0 Å². The minimum atomic E-state index is -2.81. The molecule has 0 amide bonds. The summed E-state index contributed by atoms with van der Waals surface area (Å²) in [6.07, 6.45) is -1.05. The highest BCUT2D eigenvalue weighted by atomic mass is 32.1. The van der Waals surface area contributed by atoms with Crippen LogP contribution >= 0.6 is 12.2 Å². The maximum Gasteiger partial charge on any atom is 0.264 e. The molecule has 132 valence electrons. The zero-order chi connectivity index (χ0) is 18.3. The Labute approximate surface area is 147 Å². The smallest absolute Gasteiger partial charge is 0.264 e. The Balaban J connectivity index is 2.45. The van der Waals surface area contributed by atoms with Crippen LogP contribution in [0.1, 0.15) is 31.5 Å². The molecule has 0 bridgehead atoms. The van der Waals surface area contributed by atoms with Crippen LogP contribution in [0.3, 0.4) is 0 Å². The van der Waals surface area contributed by atoms with Gasteiger partial charge < -0.3 is 4.57 Å². The fourth-order valence-electron chi connectivity index (χ4n) is 2.84. The van der Waals surface area contributed by atoms with Crippen molar-refractivity contribution < 1.29 is 8.78 Å². The van der Waals surface area contributed by atoms with Crippen LogP contribution in [0.5, 0.6) is 0 Å². The average molecular weight is 365 g/mol. The van der Waals surface area contributed by atoms with Gasteiger partial charge in [-0.05, 0) is 39.1 Å². The van der Waals surface area contributed by atoms with Crippen molar-refractivity contribution in [2.24, 2.45) is 0 Å². The third-order valence-corrected chi connectivity index (χ3v) is 4.40. The van der Waals surface area contributed by atoms with E-state index in [-0.39, 0.29) is 21.4 Å². The van der Waals surface area contributed by atoms with Gasteiger partial charge in [-0.15, -0.1) is 0 Å². The maximum atomic E-state index is 13.6. The molecule has 0 aliphatic carbocycles. The summed E-state index contributed by atoms with van der Waals surface area (Å²) < 4.78 is 30.7. The van der Waals surface area contributed by atoms with Gasteiger partial charge in [0, 0.05) is 30.4 Å². The van der Waals surface area contributed by atoms with E-state index in [0.29, 0.717) is 30.0 Å². The maximum absolute atomic E-state index is 13.6. The molecule has 0 fully saturated rings. The fourth-order valence-corrected chi connectivity index (χ4v) is 3.15. The number of alkyl halides is 2. The summed E-state index contributed by atoms with van der Waals surface area (Å²) in [5.74, 6) is 0. The minimum absolute atomic E-state index is 0.130. The zero-order valence-electron chi connectivity index (χ0n) is 14.0. The molecule has 1 N–H and O–H groups in total. The van der Waals surface area contributed by atoms with E-state index in [1.807, 2.05) is 13.8 Å². The second-order valence-electron chi connectivity index (χ2n) is 5.58. The molecule has 3 heterocycles. The molecule has 0 saturated heterocycles. The van der Waals surface area contributed by atoms with E-state index < -0.39 is 12.0 Å². The van der Waals surface area contributed by atoms with Crippen molar-refractivity contribution in [1.82, 2.24) is 24.3 Å². The molecule has 0 unspecified atom stereocenters. The normalized spacial score (nSPS) is 11.6. The van der Waals surface area contributed by atoms with Crippen molar-refractivity contribution in [1.29, 1.82) is 0 Å². The van der Waals surface area contributed by atoms with E-state index in [1.54, 1.807) is 22.4 Å². The van der Waals surface area contributed by atoms with Crippen LogP contribution in [0.25, 0.3) is 22.3 Å². The number of H-pyrrole nitrogens is 1. The Kier molecular flexibility index (Phi) is 4.51. The molecular formula is C16H17F2N5OS. The number of hydrogen-bond acceptors (Lipinski definition) is 4. The number of aromatic amines is 1. The highest BCUT2D eigenvalue weighted by Gasteiger charge is 2.21. The lowest BCUT2D eigenvalue weighted by Crippen LogP contribution is -2.17. The first-order valence-electron chi connectivity index (χ1n) is 7.87. The Morgan fingerprint density at radius 2 is 2.04 bits per heavy atom. The Hall–Kier alpha value is -2.42. The van der Waals surface area contributed by atoms with Gasteiger partial charge in [0.1, 0.15) is 5.65 Å². The van der Waals surface area contributed by atoms with Crippen molar-refractivity contribution >= 4 is 23.3 Å². The number of rotatable bonds is 4. The van der Waals surface area contributed by atoms with Crippen molar-refractivity contribution in [3.05, 3.63) is 38.6 Å². The predicted octanol–water partition coefficient (Wildman–Crippen LogP) is 3.60. The van der Waals surface area contributed by atoms with Crippen molar-refractivity contribution in [3.8, 4) is 11.3 Å². The third kappa shape index (κ3) is 2.88. The largest absolute Gasteiger partial charge is 0.303 e. The molecule has 6 nitrogen and oxygen atoms in total. The summed E-state index contributed by atoms with van der Waals surface area (Å²) >= 11 is 5.15. The lowest BCUT2D eigenvalue weighted by atomic mass is 10.1. The molecule has 0 saturated carbocycles. The van der Waals surface area contributed by atoms with Gasteiger partial charge in [-0.2, -0.15) is 5.10 Å². The fraction of sp³-hybridized carbons (Fsp3) is 0.375. The topological polar surface area (TPSA) is 68.5 Å². The van der Waals surface area contributed by atoms with Crippen molar-refractivity contribution in [2.75, 3.05) is 0 Å². The van der Waals surface area contributed by atoms with Crippen molar-refractivity contribution in [2.45, 2.75) is 40.3 Å². The summed E-state index contributed by atoms with van der Waals surface area (Å²) in [6.45, 7) is 6.59. The van der Waals surface area contributed by atoms with E-state index in [0.717, 1.165) is 0 Å². The zero-order valence-corrected chi connectivity index (χ0v) is 14.8. The highest BCUT2D eigenvalue weighted by Crippen LogP contribution is 2.30. The SMILES string of the molecule is CCn1cc(-c2cc(C(F)F)c3c(=O)[nH]c(=S)n(CC)c3n2)c(C)n1. The van der Waals surface area contributed by atoms with Crippen LogP contribution in [0.15, 0.2) is 17.1 Å². The summed E-state index contributed by atoms with van der Waals surface area (Å²) in [5, 5.41) is 4.20. The monoisotopic (exact) mass is 365 g/mol. The number of nitrogens with zero attached hydrogens (tertiary/aromatic N) is 4. The number of aromatic nitrogens is 5. The van der Waals surface area contributed by atoms with Gasteiger partial charge in [-0.25, -0.2) is 13.8 Å². The van der Waals surface area contributed by atoms with Crippen LogP contribution in [0.4, 0.5) is 8.78 Å². The summed E-state index contributed by atoms with van der Waals surface area (Å²) in [6, 6.07) is 1.26. The second kappa shape index (κ2) is 6.47. The van der Waals surface area contributed by atoms with E-state index in [1.165, 1.54) is 6.07 Å². The van der Waals surface area contributed by atoms with Gasteiger partial charge in [0.05, 0.1) is 16.8 Å². The summed E-state index contributed by atoms with van der Waals surface area (Å²) in [7, 11) is 0. The molecule has 9 heteroatoms. The quantitative estimate of drug-likeness (QED) is 0.717. The number of halogens is 2. The summed E-state index contributed by atoms with van der Waals surface area (Å²) in [5.41, 5.74) is 0.830. The number of fused-ring (bicyclic) bond motifs is 1. The lowest BCUT2D eigenvalue weighted by molar-refractivity contribution is 0.153. The van der Waals surface area contributed by atoms with Crippen LogP contribution in [0, 0.1) is 11.7 Å². The van der Waals surface area contributed by atoms with Crippen LogP contribution in [0.2, 0.25) is 0 Å². The molecule has 0 atom stereocenters. The van der Waals surface area contributed by atoms with E-state index >= 15 is 0 Å². The summed E-state index contributed by atoms with van der Waals surface area (Å²) in [4.78, 5) is 19.2. The highest BCUT2D eigenvalue weighted by molar-refractivity contribution is 7.71. The average Bonchev–Trinajstić information content (AvgIpc) is 2.95. The second-order valence-corrected chi connectivity index (χ2v) is 5.97. The number of nitrogens with one attached hydrogen (secondary N) is 1. The molecule has 0 aliphatic heterocycles. The third-order valence-electron chi connectivity index (χ3n) is 4.08. The standard InChI is InChI=1S/C16H17F2N5OS/c1-4-22-7-10(8(3)21-22)11-6-9(13(17)18)12-14(19-11)23(5-2)16(25)20-15(12)24/h6-7,13H,4-5H2,1-3H3,(H,20,24,25). The van der Waals surface area contributed by atoms with Gasteiger partial charge in [-0.3, -0.25) is 14.5 Å². The first-order chi connectivity index (χ1) is 11.9. The first kappa shape index (κ1) is 17.4. The van der Waals surface area contributed by atoms with Gasteiger partial charge in [-0.1, -0.05) is 0 Å². The van der Waals surface area contributed by atoms with E-state index in [9.17, 15) is 13.6 Å². The van der Waals surface area contributed by atoms with Gasteiger partial charge >= 0.3 is 0 Å². The van der Waals surface area contributed by atoms with E-state index in [2.05, 4.69) is 15.1 Å². The molecule has 0 aliphatic rings. The molecule has 0 spiro atoms. The number of pyridine rings is 1. The lowest BCUT2D eigenvalue weighted by Gasteiger charge is -2.12. The first-order valence-corrected chi connectivity index (χ1v) is 8.28. The molecule has 3 rings (SSSR count). The minimum Gasteiger partial charge on any atom is -0.303 e. The van der Waals surface area contributed by atoms with Crippen LogP contribution < -0.4 is 5.56 Å². The Bertz CT molecular complexity index is 1070. The molecule has 3 aromatic rings. The Morgan fingerprint density at radius 1 is 1.32 bits per heavy atom. The number of hydrogen-bond donors (Lipinski definition) is 1. The van der Waals surface area contributed by atoms with Gasteiger partial charge in [0.15, 0.2) is 4.77 Å². The molecule has 0 radical (unpaired) electrons. The molecule has 0 aromatic carbocycles. The predicted molar refractivity (Wildman–Crippen MR) is 93.5 cm³/mol. The number of aryl methyl sites for hydroxylation is 3.